The van der Waals surface area contributed by atoms with Crippen LogP contribution >= 0.6 is 11.6 Å². The number of rotatable bonds is 2. The van der Waals surface area contributed by atoms with Crippen molar-refractivity contribution in [1.29, 1.82) is 5.26 Å². The smallest absolute Gasteiger partial charge is 0.302 e. The number of guanidine groups is 1. The van der Waals surface area contributed by atoms with Crippen molar-refractivity contribution >= 4 is 46.7 Å². The molecule has 12 heteroatoms. The van der Waals surface area contributed by atoms with Crippen molar-refractivity contribution in [2.24, 2.45) is 15.9 Å². The van der Waals surface area contributed by atoms with Crippen LogP contribution in [0, 0.1) is 17.2 Å². The number of likely N-dealkylation sites (tertiary alicyclic amines) is 1. The number of hydrogen-bond donors (Lipinski definition) is 3. The van der Waals surface area contributed by atoms with Gasteiger partial charge in [-0.3, -0.25) is 9.59 Å². The largest absolute Gasteiger partial charge is 0.382 e. The van der Waals surface area contributed by atoms with Crippen molar-refractivity contribution in [2.45, 2.75) is 12.0 Å². The summed E-state index contributed by atoms with van der Waals surface area (Å²) in [4.78, 5) is 43.0. The zero-order chi connectivity index (χ0) is 22.6. The minimum atomic E-state index is -0.730. The number of nitriles is 1. The number of nitrogens with one attached hydrogen (secondary N) is 1. The van der Waals surface area contributed by atoms with Gasteiger partial charge in [0.1, 0.15) is 0 Å². The van der Waals surface area contributed by atoms with Crippen molar-refractivity contribution in [2.75, 3.05) is 24.6 Å². The van der Waals surface area contributed by atoms with Gasteiger partial charge >= 0.3 is 5.91 Å². The molecule has 11 nitrogen and oxygen atoms in total. The third-order valence-electron chi connectivity index (χ3n) is 5.90. The fourth-order valence-electron chi connectivity index (χ4n) is 4.18. The maximum absolute atomic E-state index is 12.8. The van der Waals surface area contributed by atoms with E-state index >= 15 is 0 Å². The number of aliphatic imine (C=N–C) groups is 2. The lowest BCUT2D eigenvalue weighted by atomic mass is 10.0. The third-order valence-corrected chi connectivity index (χ3v) is 6.18. The Morgan fingerprint density at radius 3 is 2.72 bits per heavy atom. The highest BCUT2D eigenvalue weighted by molar-refractivity contribution is 6.32. The molecule has 3 aliphatic rings. The molecule has 2 atom stereocenters. The van der Waals surface area contributed by atoms with Crippen LogP contribution in [0.1, 0.15) is 32.8 Å². The molecule has 1 aliphatic carbocycles. The fraction of sp³-hybridized carbons (Fsp3) is 0.250. The first-order valence-electron chi connectivity index (χ1n) is 9.70. The van der Waals surface area contributed by atoms with Crippen molar-refractivity contribution in [3.05, 3.63) is 46.2 Å². The van der Waals surface area contributed by atoms with E-state index in [1.165, 1.54) is 0 Å². The summed E-state index contributed by atoms with van der Waals surface area (Å²) < 4.78 is 0. The lowest BCUT2D eigenvalue weighted by molar-refractivity contribution is 0.0705. The Kier molecular flexibility index (Phi) is 4.35. The molecular weight excluding hydrogens is 434 g/mol. The first-order valence-corrected chi connectivity index (χ1v) is 10.1. The molecule has 0 bridgehead atoms. The van der Waals surface area contributed by atoms with Gasteiger partial charge in [-0.1, -0.05) is 11.6 Å². The summed E-state index contributed by atoms with van der Waals surface area (Å²) in [6.07, 6.45) is 0.640. The number of hydrogen-bond acceptors (Lipinski definition) is 7. The summed E-state index contributed by atoms with van der Waals surface area (Å²) >= 11 is 5.82. The molecule has 1 aromatic carbocycles. The highest BCUT2D eigenvalue weighted by Crippen LogP contribution is 2.49. The Hall–Kier alpha value is -4.04. The van der Waals surface area contributed by atoms with Crippen LogP contribution in [0.5, 0.6) is 0 Å². The van der Waals surface area contributed by atoms with Crippen LogP contribution in [0.3, 0.4) is 0 Å². The third kappa shape index (κ3) is 3.04. The molecule has 2 fully saturated rings. The molecule has 2 aliphatic heterocycles. The average molecular weight is 450 g/mol. The topological polar surface area (TPSA) is 176 Å². The Morgan fingerprint density at radius 1 is 1.25 bits per heavy atom. The van der Waals surface area contributed by atoms with Crippen molar-refractivity contribution in [1.82, 2.24) is 20.2 Å². The summed E-state index contributed by atoms with van der Waals surface area (Å²) in [5, 5.41) is 12.0. The van der Waals surface area contributed by atoms with Gasteiger partial charge in [0, 0.05) is 24.6 Å². The second-order valence-corrected chi connectivity index (χ2v) is 8.07. The molecule has 1 saturated heterocycles. The standard InChI is InChI=1S/C20H16ClN9O2/c21-14-16(24)27-15(23)12(25-14)17(31)28-19-26-13-11-8-30(6-5-20(11,13)29-19)18(32)10-3-1-9(7-22)2-4-10/h1-4,11H,5-6,8H2,(H4,23,24,27)(H,28,29,31). The van der Waals surface area contributed by atoms with Gasteiger partial charge in [0.2, 0.25) is 5.96 Å². The number of piperidine rings is 1. The van der Waals surface area contributed by atoms with Crippen LogP contribution < -0.4 is 16.8 Å². The van der Waals surface area contributed by atoms with Gasteiger partial charge < -0.3 is 21.7 Å². The quantitative estimate of drug-likeness (QED) is 0.597. The number of carbonyl (C=O) groups excluding carboxylic acids is 2. The predicted molar refractivity (Wildman–Crippen MR) is 116 cm³/mol. The monoisotopic (exact) mass is 449 g/mol. The van der Waals surface area contributed by atoms with Crippen LogP contribution in [0.15, 0.2) is 34.3 Å². The maximum atomic E-state index is 12.8. The Bertz CT molecular complexity index is 1280. The summed E-state index contributed by atoms with van der Waals surface area (Å²) in [6, 6.07) is 8.60. The van der Waals surface area contributed by atoms with E-state index in [4.69, 9.17) is 28.3 Å². The normalized spacial score (nSPS) is 24.1. The van der Waals surface area contributed by atoms with E-state index in [-0.39, 0.29) is 45.8 Å². The maximum Gasteiger partial charge on any atom is 0.302 e. The first-order chi connectivity index (χ1) is 15.3. The van der Waals surface area contributed by atoms with Crippen LogP contribution in [0.4, 0.5) is 11.6 Å². The molecule has 0 radical (unpaired) electrons. The number of benzene rings is 1. The van der Waals surface area contributed by atoms with Gasteiger partial charge in [-0.25, -0.2) is 15.0 Å². The molecule has 2 unspecified atom stereocenters. The average Bonchev–Trinajstić information content (AvgIpc) is 3.24. The molecule has 5 rings (SSSR count). The lowest BCUT2D eigenvalue weighted by Crippen LogP contribution is -2.47. The second kappa shape index (κ2) is 7.00. The molecule has 3 heterocycles. The Balaban J connectivity index is 1.29. The number of fused-ring (bicyclic) bond motifs is 1. The van der Waals surface area contributed by atoms with E-state index in [0.29, 0.717) is 30.6 Å². The van der Waals surface area contributed by atoms with Gasteiger partial charge in [-0.2, -0.15) is 10.3 Å². The number of nitrogens with zero attached hydrogens (tertiary/aromatic N) is 6. The van der Waals surface area contributed by atoms with Crippen LogP contribution in [-0.4, -0.2) is 57.0 Å². The van der Waals surface area contributed by atoms with E-state index in [9.17, 15) is 9.59 Å². The highest BCUT2D eigenvalue weighted by atomic mass is 35.5. The fourth-order valence-corrected chi connectivity index (χ4v) is 4.31. The summed E-state index contributed by atoms with van der Waals surface area (Å²) in [5.41, 5.74) is 12.6. The van der Waals surface area contributed by atoms with Gasteiger partial charge in [0.15, 0.2) is 22.5 Å². The Labute approximate surface area is 186 Å². The number of amides is 2. The molecule has 1 spiro atoms. The first kappa shape index (κ1) is 19.9. The lowest BCUT2D eigenvalue weighted by Gasteiger charge is -2.30. The van der Waals surface area contributed by atoms with E-state index in [1.807, 2.05) is 6.07 Å². The molecule has 2 amide bonds. The van der Waals surface area contributed by atoms with Crippen molar-refractivity contribution in [3.63, 3.8) is 0 Å². The second-order valence-electron chi connectivity index (χ2n) is 7.71. The molecule has 5 N–H and O–H groups in total. The van der Waals surface area contributed by atoms with Crippen LogP contribution in [-0.2, 0) is 0 Å². The number of anilines is 2. The number of halogens is 1. The summed E-state index contributed by atoms with van der Waals surface area (Å²) in [6.45, 7) is 1.03. The number of nitrogen functional groups attached to an aromatic ring is 2. The van der Waals surface area contributed by atoms with Gasteiger partial charge in [-0.15, -0.1) is 0 Å². The highest BCUT2D eigenvalue weighted by Gasteiger charge is 2.67. The SMILES string of the molecule is N#Cc1ccc(C(=O)N2CCC34N/C(=N/C(=O)c5nc(Cl)c(N)nc5N)N=C3C4C2)cc1. The minimum absolute atomic E-state index is 0.0588. The van der Waals surface area contributed by atoms with E-state index in [2.05, 4.69) is 25.3 Å². The number of aromatic nitrogens is 2. The predicted octanol–water partition coefficient (Wildman–Crippen LogP) is 0.621. The zero-order valence-corrected chi connectivity index (χ0v) is 17.3. The summed E-state index contributed by atoms with van der Waals surface area (Å²) in [7, 11) is 0. The van der Waals surface area contributed by atoms with Crippen LogP contribution in [0.2, 0.25) is 5.15 Å². The van der Waals surface area contributed by atoms with Gasteiger partial charge in [0.25, 0.3) is 5.91 Å². The van der Waals surface area contributed by atoms with E-state index in [1.54, 1.807) is 29.2 Å². The molecule has 2 aromatic rings. The number of nitrogens with two attached hydrogens (primary N) is 2. The molecule has 160 valence electrons. The molecule has 1 aromatic heterocycles. The Morgan fingerprint density at radius 2 is 2.00 bits per heavy atom. The van der Waals surface area contributed by atoms with E-state index < -0.39 is 5.91 Å². The molecule has 32 heavy (non-hydrogen) atoms. The zero-order valence-electron chi connectivity index (χ0n) is 16.5. The summed E-state index contributed by atoms with van der Waals surface area (Å²) in [5.74, 6) is -0.828. The van der Waals surface area contributed by atoms with Crippen molar-refractivity contribution < 1.29 is 9.59 Å². The number of carbonyl (C=O) groups is 2. The van der Waals surface area contributed by atoms with Crippen LogP contribution in [0.25, 0.3) is 0 Å². The molecule has 1 saturated carbocycles. The van der Waals surface area contributed by atoms with Gasteiger partial charge in [-0.05, 0) is 30.7 Å². The van der Waals surface area contributed by atoms with Gasteiger partial charge in [0.05, 0.1) is 22.9 Å². The molecular formula is C20H16ClN9O2. The van der Waals surface area contributed by atoms with Crippen molar-refractivity contribution in [3.8, 4) is 6.07 Å². The van der Waals surface area contributed by atoms with E-state index in [0.717, 1.165) is 5.71 Å². The minimum Gasteiger partial charge on any atom is -0.382 e.